The fourth-order valence-corrected chi connectivity index (χ4v) is 2.35. The number of oxime groups is 1. The number of nitrogens with zero attached hydrogens (tertiary/aromatic N) is 2. The first-order chi connectivity index (χ1) is 9.05. The molecule has 1 amide bonds. The Morgan fingerprint density at radius 2 is 2.05 bits per heavy atom. The van der Waals surface area contributed by atoms with Crippen LogP contribution in [0.4, 0.5) is 4.79 Å². The zero-order valence-corrected chi connectivity index (χ0v) is 11.0. The van der Waals surface area contributed by atoms with E-state index in [0.717, 1.165) is 11.3 Å². The molecular formula is C14H16N2O3. The lowest BCUT2D eigenvalue weighted by atomic mass is 10.1. The maximum absolute atomic E-state index is 11.8. The molecule has 2 aliphatic rings. The molecule has 0 unspecified atom stereocenters. The van der Waals surface area contributed by atoms with E-state index in [2.05, 4.69) is 5.16 Å². The summed E-state index contributed by atoms with van der Waals surface area (Å²) in [6.45, 7) is 4.30. The molecule has 1 saturated heterocycles. The van der Waals surface area contributed by atoms with Crippen LogP contribution in [0.2, 0.25) is 0 Å². The van der Waals surface area contributed by atoms with Gasteiger partial charge in [-0.1, -0.05) is 35.5 Å². The predicted octanol–water partition coefficient (Wildman–Crippen LogP) is 2.37. The van der Waals surface area contributed by atoms with Crippen molar-refractivity contribution < 1.29 is 14.4 Å². The van der Waals surface area contributed by atoms with Crippen LogP contribution in [-0.2, 0) is 9.57 Å². The van der Waals surface area contributed by atoms with Gasteiger partial charge in [0.25, 0.3) is 0 Å². The molecule has 2 heterocycles. The maximum atomic E-state index is 11.8. The molecule has 1 aromatic rings. The molecule has 5 heteroatoms. The van der Waals surface area contributed by atoms with Crippen LogP contribution >= 0.6 is 0 Å². The second kappa shape index (κ2) is 4.26. The zero-order chi connectivity index (χ0) is 13.5. The predicted molar refractivity (Wildman–Crippen MR) is 69.7 cm³/mol. The van der Waals surface area contributed by atoms with E-state index in [0.29, 0.717) is 13.0 Å². The van der Waals surface area contributed by atoms with Crippen molar-refractivity contribution in [3.05, 3.63) is 35.9 Å². The summed E-state index contributed by atoms with van der Waals surface area (Å²) < 4.78 is 5.27. The Labute approximate surface area is 111 Å². The minimum atomic E-state index is -0.462. The van der Waals surface area contributed by atoms with E-state index >= 15 is 0 Å². The normalized spacial score (nSPS) is 24.9. The number of rotatable bonds is 2. The fraction of sp³-hybridized carbons (Fsp3) is 0.429. The number of carbonyl (C=O) groups excluding carboxylic acids is 1. The van der Waals surface area contributed by atoms with Gasteiger partial charge in [0.2, 0.25) is 6.23 Å². The first kappa shape index (κ1) is 12.0. The minimum absolute atomic E-state index is 0.334. The van der Waals surface area contributed by atoms with Gasteiger partial charge in [0.05, 0.1) is 18.7 Å². The zero-order valence-electron chi connectivity index (χ0n) is 11.0. The van der Waals surface area contributed by atoms with Crippen molar-refractivity contribution in [3.63, 3.8) is 0 Å². The molecule has 19 heavy (non-hydrogen) atoms. The number of hydrogen-bond acceptors (Lipinski definition) is 4. The van der Waals surface area contributed by atoms with Crippen molar-refractivity contribution in [2.75, 3.05) is 6.54 Å². The highest BCUT2D eigenvalue weighted by Gasteiger charge is 2.43. The average molecular weight is 260 g/mol. The lowest BCUT2D eigenvalue weighted by Crippen LogP contribution is -2.37. The van der Waals surface area contributed by atoms with Gasteiger partial charge >= 0.3 is 6.09 Å². The topological polar surface area (TPSA) is 51.1 Å². The lowest BCUT2D eigenvalue weighted by molar-refractivity contribution is -0.00912. The van der Waals surface area contributed by atoms with Crippen molar-refractivity contribution in [3.8, 4) is 0 Å². The Bertz CT molecular complexity index is 525. The molecule has 2 aliphatic heterocycles. The molecule has 0 N–H and O–H groups in total. The summed E-state index contributed by atoms with van der Waals surface area (Å²) in [6, 6.07) is 9.84. The van der Waals surface area contributed by atoms with E-state index in [9.17, 15) is 4.79 Å². The number of cyclic esters (lactones) is 1. The maximum Gasteiger partial charge on any atom is 0.413 e. The van der Waals surface area contributed by atoms with Gasteiger partial charge in [-0.15, -0.1) is 0 Å². The van der Waals surface area contributed by atoms with E-state index in [1.807, 2.05) is 44.2 Å². The largest absolute Gasteiger partial charge is 0.441 e. The molecule has 100 valence electrons. The summed E-state index contributed by atoms with van der Waals surface area (Å²) in [6.07, 6.45) is -0.0983. The second-order valence-electron chi connectivity index (χ2n) is 5.42. The monoisotopic (exact) mass is 260 g/mol. The third kappa shape index (κ3) is 2.28. The van der Waals surface area contributed by atoms with Crippen LogP contribution in [0.5, 0.6) is 0 Å². The van der Waals surface area contributed by atoms with Gasteiger partial charge in [0.1, 0.15) is 5.60 Å². The number of ether oxygens (including phenoxy) is 1. The summed E-state index contributed by atoms with van der Waals surface area (Å²) in [5.41, 5.74) is 1.43. The molecule has 1 aromatic carbocycles. The van der Waals surface area contributed by atoms with Crippen LogP contribution in [-0.4, -0.2) is 35.1 Å². The van der Waals surface area contributed by atoms with Crippen LogP contribution in [0.3, 0.4) is 0 Å². The van der Waals surface area contributed by atoms with Gasteiger partial charge in [-0.2, -0.15) is 0 Å². The molecular weight excluding hydrogens is 244 g/mol. The molecule has 1 fully saturated rings. The highest BCUT2D eigenvalue weighted by atomic mass is 16.7. The third-order valence-electron chi connectivity index (χ3n) is 3.26. The van der Waals surface area contributed by atoms with E-state index in [1.165, 1.54) is 0 Å². The Hall–Kier alpha value is -2.04. The van der Waals surface area contributed by atoms with E-state index in [-0.39, 0.29) is 12.3 Å². The fourth-order valence-electron chi connectivity index (χ4n) is 2.35. The van der Waals surface area contributed by atoms with Crippen LogP contribution in [0.15, 0.2) is 35.5 Å². The smallest absolute Gasteiger partial charge is 0.413 e. The number of amides is 1. The van der Waals surface area contributed by atoms with Crippen LogP contribution in [0, 0.1) is 0 Å². The highest BCUT2D eigenvalue weighted by Crippen LogP contribution is 2.28. The average Bonchev–Trinajstić information content (AvgIpc) is 2.95. The molecule has 3 rings (SSSR count). The number of hydrogen-bond donors (Lipinski definition) is 0. The Morgan fingerprint density at radius 3 is 2.68 bits per heavy atom. The Morgan fingerprint density at radius 1 is 1.32 bits per heavy atom. The Balaban J connectivity index is 1.70. The van der Waals surface area contributed by atoms with Crippen LogP contribution in [0.25, 0.3) is 0 Å². The third-order valence-corrected chi connectivity index (χ3v) is 3.26. The molecule has 0 aliphatic carbocycles. The number of carbonyl (C=O) groups is 1. The van der Waals surface area contributed by atoms with Crippen molar-refractivity contribution in [2.24, 2.45) is 5.16 Å². The molecule has 0 aromatic heterocycles. The molecule has 0 spiro atoms. The molecule has 1 atom stereocenters. The number of benzene rings is 1. The van der Waals surface area contributed by atoms with Crippen molar-refractivity contribution in [2.45, 2.75) is 32.1 Å². The van der Waals surface area contributed by atoms with Gasteiger partial charge in [-0.25, -0.2) is 4.79 Å². The van der Waals surface area contributed by atoms with Crippen molar-refractivity contribution in [1.82, 2.24) is 4.90 Å². The first-order valence-electron chi connectivity index (χ1n) is 6.33. The van der Waals surface area contributed by atoms with Gasteiger partial charge in [0.15, 0.2) is 0 Å². The Kier molecular flexibility index (Phi) is 2.69. The van der Waals surface area contributed by atoms with E-state index < -0.39 is 5.60 Å². The SMILES string of the molecule is CC1(C)CN([C@@H]2CC(c3ccccc3)=NO2)C(=O)O1. The van der Waals surface area contributed by atoms with Gasteiger partial charge in [0, 0.05) is 0 Å². The van der Waals surface area contributed by atoms with E-state index in [1.54, 1.807) is 4.90 Å². The summed E-state index contributed by atoms with van der Waals surface area (Å²) in [5, 5.41) is 4.08. The van der Waals surface area contributed by atoms with E-state index in [4.69, 9.17) is 9.57 Å². The summed E-state index contributed by atoms with van der Waals surface area (Å²) in [7, 11) is 0. The minimum Gasteiger partial charge on any atom is -0.441 e. The molecule has 0 bridgehead atoms. The van der Waals surface area contributed by atoms with Crippen molar-refractivity contribution >= 4 is 11.8 Å². The summed E-state index contributed by atoms with van der Waals surface area (Å²) in [4.78, 5) is 18.8. The molecule has 0 saturated carbocycles. The van der Waals surface area contributed by atoms with Crippen LogP contribution < -0.4 is 0 Å². The van der Waals surface area contributed by atoms with Gasteiger partial charge in [-0.05, 0) is 19.4 Å². The highest BCUT2D eigenvalue weighted by molar-refractivity contribution is 6.01. The molecule has 0 radical (unpaired) electrons. The summed E-state index contributed by atoms with van der Waals surface area (Å²) in [5.74, 6) is 0. The second-order valence-corrected chi connectivity index (χ2v) is 5.42. The standard InChI is InChI=1S/C14H16N2O3/c1-14(2)9-16(13(17)18-14)12-8-11(15-19-12)10-6-4-3-5-7-10/h3-7,12H,8-9H2,1-2H3/t12-/m0/s1. The molecule has 5 nitrogen and oxygen atoms in total. The van der Waals surface area contributed by atoms with Gasteiger partial charge in [-0.3, -0.25) is 4.90 Å². The lowest BCUT2D eigenvalue weighted by Gasteiger charge is -2.19. The summed E-state index contributed by atoms with van der Waals surface area (Å²) >= 11 is 0. The quantitative estimate of drug-likeness (QED) is 0.820. The van der Waals surface area contributed by atoms with Gasteiger partial charge < -0.3 is 9.57 Å². The van der Waals surface area contributed by atoms with Crippen LogP contribution in [0.1, 0.15) is 25.8 Å². The first-order valence-corrected chi connectivity index (χ1v) is 6.33. The van der Waals surface area contributed by atoms with Crippen molar-refractivity contribution in [1.29, 1.82) is 0 Å².